The van der Waals surface area contributed by atoms with Crippen molar-refractivity contribution in [1.82, 2.24) is 14.9 Å². The highest BCUT2D eigenvalue weighted by Crippen LogP contribution is 2.38. The highest BCUT2D eigenvalue weighted by Gasteiger charge is 2.21. The number of rotatable bonds is 6. The Morgan fingerprint density at radius 2 is 1.69 bits per heavy atom. The minimum absolute atomic E-state index is 0.529. The molecule has 0 unspecified atom stereocenters. The minimum Gasteiger partial charge on any atom is -0.493 e. The largest absolute Gasteiger partial charge is 0.493 e. The van der Waals surface area contributed by atoms with Gasteiger partial charge in [0.25, 0.3) is 0 Å². The second-order valence-corrected chi connectivity index (χ2v) is 8.12. The lowest BCUT2D eigenvalue weighted by Gasteiger charge is -2.15. The van der Waals surface area contributed by atoms with E-state index in [1.807, 2.05) is 28.9 Å². The van der Waals surface area contributed by atoms with Gasteiger partial charge in [-0.15, -0.1) is 10.2 Å². The van der Waals surface area contributed by atoms with E-state index in [2.05, 4.69) is 38.3 Å². The second kappa shape index (κ2) is 8.46. The Bertz CT molecular complexity index is 1040. The molecule has 150 valence electrons. The van der Waals surface area contributed by atoms with Crippen molar-refractivity contribution in [3.05, 3.63) is 57.8 Å². The van der Waals surface area contributed by atoms with E-state index in [9.17, 15) is 0 Å². The zero-order valence-corrected chi connectivity index (χ0v) is 18.6. The molecule has 0 fully saturated rings. The lowest BCUT2D eigenvalue weighted by molar-refractivity contribution is 0.324. The van der Waals surface area contributed by atoms with E-state index in [-0.39, 0.29) is 0 Å². The van der Waals surface area contributed by atoms with Gasteiger partial charge in [0.1, 0.15) is 0 Å². The Morgan fingerprint density at radius 3 is 2.31 bits per heavy atom. The van der Waals surface area contributed by atoms with Crippen LogP contribution >= 0.6 is 27.7 Å². The molecule has 1 aromatic heterocycles. The molecule has 2 heterocycles. The molecule has 1 aliphatic rings. The smallest absolute Gasteiger partial charge is 0.212 e. The summed E-state index contributed by atoms with van der Waals surface area (Å²) in [6.45, 7) is 0. The fourth-order valence-corrected chi connectivity index (χ4v) is 4.20. The molecular weight excluding hydrogens is 456 g/mol. The van der Waals surface area contributed by atoms with Gasteiger partial charge in [-0.3, -0.25) is 0 Å². The van der Waals surface area contributed by atoms with Crippen molar-refractivity contribution in [1.29, 1.82) is 0 Å². The third-order valence-corrected chi connectivity index (χ3v) is 5.96. The number of halogens is 1. The van der Waals surface area contributed by atoms with Crippen LogP contribution in [0, 0.1) is 0 Å². The predicted octanol–water partition coefficient (Wildman–Crippen LogP) is 4.02. The van der Waals surface area contributed by atoms with Crippen LogP contribution in [0.4, 0.5) is 0 Å². The average Bonchev–Trinajstić information content (AvgIpc) is 3.15. The molecule has 0 bridgehead atoms. The number of aromatic nitrogens is 3. The lowest BCUT2D eigenvalue weighted by Crippen LogP contribution is -2.14. The number of methoxy groups -OCH3 is 3. The molecule has 4 rings (SSSR count). The summed E-state index contributed by atoms with van der Waals surface area (Å²) in [6.07, 6.45) is 0.529. The summed E-state index contributed by atoms with van der Waals surface area (Å²) in [7, 11) is 4.79. The summed E-state index contributed by atoms with van der Waals surface area (Å²) in [5, 5.41) is 14.2. The summed E-state index contributed by atoms with van der Waals surface area (Å²) in [6, 6.07) is 12.0. The maximum absolute atomic E-state index is 5.45. The molecule has 3 aromatic rings. The number of nitrogens with zero attached hydrogens (tertiary/aromatic N) is 4. The summed E-state index contributed by atoms with van der Waals surface area (Å²) < 4.78 is 19.2. The van der Waals surface area contributed by atoms with E-state index >= 15 is 0 Å². The van der Waals surface area contributed by atoms with Gasteiger partial charge in [-0.2, -0.15) is 9.78 Å². The monoisotopic (exact) mass is 474 g/mol. The molecule has 9 heteroatoms. The van der Waals surface area contributed by atoms with Crippen molar-refractivity contribution in [2.45, 2.75) is 11.6 Å². The molecular formula is C20H19BrN4O3S. The first-order valence-electron chi connectivity index (χ1n) is 8.82. The van der Waals surface area contributed by atoms with Gasteiger partial charge in [0.15, 0.2) is 17.3 Å². The third kappa shape index (κ3) is 3.97. The van der Waals surface area contributed by atoms with Gasteiger partial charge in [-0.1, -0.05) is 39.8 Å². The van der Waals surface area contributed by atoms with E-state index in [1.54, 1.807) is 33.1 Å². The minimum atomic E-state index is 0.529. The molecule has 0 amide bonds. The number of thioether (sulfide) groups is 1. The molecule has 0 N–H and O–H groups in total. The van der Waals surface area contributed by atoms with Crippen LogP contribution in [-0.2, 0) is 6.42 Å². The van der Waals surface area contributed by atoms with Crippen molar-refractivity contribution in [3.8, 4) is 17.2 Å². The summed E-state index contributed by atoms with van der Waals surface area (Å²) in [5.74, 6) is 3.27. The molecule has 0 radical (unpaired) electrons. The molecule has 0 saturated carbocycles. The topological polar surface area (TPSA) is 70.8 Å². The van der Waals surface area contributed by atoms with Crippen LogP contribution in [0.2, 0.25) is 0 Å². The van der Waals surface area contributed by atoms with Gasteiger partial charge in [-0.25, -0.2) is 0 Å². The number of ether oxygens (including phenoxy) is 3. The molecule has 0 aliphatic carbocycles. The number of fused-ring (bicyclic) bond motifs is 1. The predicted molar refractivity (Wildman–Crippen MR) is 116 cm³/mol. The van der Waals surface area contributed by atoms with Gasteiger partial charge in [0.2, 0.25) is 10.9 Å². The zero-order valence-electron chi connectivity index (χ0n) is 16.2. The van der Waals surface area contributed by atoms with E-state index in [1.165, 1.54) is 0 Å². The maximum atomic E-state index is 5.45. The average molecular weight is 475 g/mol. The lowest BCUT2D eigenvalue weighted by atomic mass is 10.1. The molecule has 0 atom stereocenters. The maximum Gasteiger partial charge on any atom is 0.212 e. The van der Waals surface area contributed by atoms with Crippen molar-refractivity contribution in [2.24, 2.45) is 5.10 Å². The molecule has 2 aromatic carbocycles. The van der Waals surface area contributed by atoms with E-state index < -0.39 is 0 Å². The Labute approximate surface area is 181 Å². The van der Waals surface area contributed by atoms with E-state index in [0.29, 0.717) is 23.7 Å². The summed E-state index contributed by atoms with van der Waals surface area (Å²) in [5.41, 5.74) is 3.03. The Balaban J connectivity index is 1.68. The van der Waals surface area contributed by atoms with Gasteiger partial charge < -0.3 is 14.2 Å². The van der Waals surface area contributed by atoms with E-state index in [0.717, 1.165) is 38.0 Å². The van der Waals surface area contributed by atoms with Crippen LogP contribution in [0.5, 0.6) is 17.2 Å². The number of benzene rings is 2. The molecule has 1 aliphatic heterocycles. The van der Waals surface area contributed by atoms with Crippen LogP contribution in [0.1, 0.15) is 17.0 Å². The van der Waals surface area contributed by atoms with Gasteiger partial charge >= 0.3 is 0 Å². The molecule has 0 spiro atoms. The quantitative estimate of drug-likeness (QED) is 0.537. The Hall–Kier alpha value is -2.52. The Kier molecular flexibility index (Phi) is 5.77. The van der Waals surface area contributed by atoms with Gasteiger partial charge in [0, 0.05) is 16.6 Å². The number of hydrogen-bond acceptors (Lipinski definition) is 7. The molecule has 29 heavy (non-hydrogen) atoms. The zero-order chi connectivity index (χ0) is 20.4. The summed E-state index contributed by atoms with van der Waals surface area (Å²) >= 11 is 5.10. The van der Waals surface area contributed by atoms with Gasteiger partial charge in [0.05, 0.1) is 27.0 Å². The first-order chi connectivity index (χ1) is 14.1. The SMILES string of the molecule is COc1cc(Cc2nnc3n2N=C(c2ccc(Br)cc2)CS3)cc(OC)c1OC. The Morgan fingerprint density at radius 1 is 1.00 bits per heavy atom. The standard InChI is InChI=1S/C20H19BrN4O3S/c1-26-16-8-12(9-17(27-2)19(16)28-3)10-18-22-23-20-25(18)24-15(11-29-20)13-4-6-14(21)7-5-13/h4-9H,10-11H2,1-3H3. The highest BCUT2D eigenvalue weighted by atomic mass is 79.9. The normalized spacial score (nSPS) is 12.9. The van der Waals surface area contributed by atoms with Gasteiger partial charge in [-0.05, 0) is 35.4 Å². The highest BCUT2D eigenvalue weighted by molar-refractivity contribution is 9.10. The van der Waals surface area contributed by atoms with Crippen LogP contribution in [0.25, 0.3) is 0 Å². The van der Waals surface area contributed by atoms with Crippen molar-refractivity contribution in [3.63, 3.8) is 0 Å². The van der Waals surface area contributed by atoms with Crippen LogP contribution in [0.15, 0.2) is 51.1 Å². The molecule has 0 saturated heterocycles. The second-order valence-electron chi connectivity index (χ2n) is 6.26. The van der Waals surface area contributed by atoms with Crippen LogP contribution in [0.3, 0.4) is 0 Å². The summed E-state index contributed by atoms with van der Waals surface area (Å²) in [4.78, 5) is 0. The first kappa shape index (κ1) is 19.8. The van der Waals surface area contributed by atoms with Crippen LogP contribution in [-0.4, -0.2) is 47.7 Å². The van der Waals surface area contributed by atoms with Crippen molar-refractivity contribution < 1.29 is 14.2 Å². The van der Waals surface area contributed by atoms with Crippen LogP contribution < -0.4 is 14.2 Å². The fraction of sp³-hybridized carbons (Fsp3) is 0.250. The first-order valence-corrected chi connectivity index (χ1v) is 10.6. The fourth-order valence-electron chi connectivity index (χ4n) is 3.08. The molecule has 7 nitrogen and oxygen atoms in total. The number of hydrogen-bond donors (Lipinski definition) is 0. The van der Waals surface area contributed by atoms with E-state index in [4.69, 9.17) is 19.3 Å². The third-order valence-electron chi connectivity index (χ3n) is 4.50. The van der Waals surface area contributed by atoms with Crippen molar-refractivity contribution in [2.75, 3.05) is 27.1 Å². The van der Waals surface area contributed by atoms with Crippen molar-refractivity contribution >= 4 is 33.4 Å².